The van der Waals surface area contributed by atoms with Crippen LogP contribution in [0.1, 0.15) is 29.9 Å². The number of carbonyl (C=O) groups excluding carboxylic acids is 1. The Morgan fingerprint density at radius 1 is 1.19 bits per heavy atom. The first kappa shape index (κ1) is 24.3. The van der Waals surface area contributed by atoms with E-state index in [1.165, 1.54) is 18.0 Å². The molecule has 5 rings (SSSR count). The molecule has 12 nitrogen and oxygen atoms in total. The maximum atomic E-state index is 13.2. The van der Waals surface area contributed by atoms with Gasteiger partial charge in [-0.05, 0) is 32.4 Å². The molecular weight excluding hydrogens is 479 g/mol. The van der Waals surface area contributed by atoms with Crippen LogP contribution in [0.25, 0.3) is 5.82 Å². The summed E-state index contributed by atoms with van der Waals surface area (Å²) in [7, 11) is 1.53. The molecule has 5 heterocycles. The number of H-pyrrole nitrogens is 1. The third kappa shape index (κ3) is 4.98. The SMILES string of the molecule is COC1(C(=O)N[C@@H](C)c2ccc(-n3cc(F)cn3)nc2)CN(c2cc(C)nc(Nc3cc(C)[nH]n3)n2)C1. The zero-order chi connectivity index (χ0) is 26.2. The van der Waals surface area contributed by atoms with Gasteiger partial charge in [0.15, 0.2) is 23.1 Å². The largest absolute Gasteiger partial charge is 0.365 e. The molecule has 1 aliphatic heterocycles. The molecule has 4 aromatic rings. The molecule has 1 saturated heterocycles. The van der Waals surface area contributed by atoms with Gasteiger partial charge in [0.05, 0.1) is 31.5 Å². The van der Waals surface area contributed by atoms with Crippen LogP contribution >= 0.6 is 0 Å². The standard InChI is InChI=1S/C24H27FN10O2/c1-14-8-21(31-23(28-14)30-19-7-15(2)32-33-19)34-12-24(13-34,37-4)22(36)29-16(3)17-5-6-20(26-9-17)35-11-18(25)10-27-35/h5-11,16H,12-13H2,1-4H3,(H,29,36)(H2,28,30,31,32,33)/t16-/m0/s1. The average Bonchev–Trinajstić information content (AvgIpc) is 3.46. The minimum absolute atomic E-state index is 0.229. The molecule has 1 amide bonds. The van der Waals surface area contributed by atoms with Crippen LogP contribution in [0, 0.1) is 19.7 Å². The van der Waals surface area contributed by atoms with Gasteiger partial charge in [-0.3, -0.25) is 9.89 Å². The van der Waals surface area contributed by atoms with E-state index in [9.17, 15) is 9.18 Å². The third-order valence-electron chi connectivity index (χ3n) is 6.21. The number of hydrogen-bond acceptors (Lipinski definition) is 9. The number of amides is 1. The third-order valence-corrected chi connectivity index (χ3v) is 6.21. The molecule has 3 N–H and O–H groups in total. The lowest BCUT2D eigenvalue weighted by molar-refractivity contribution is -0.147. The van der Waals surface area contributed by atoms with Crippen molar-refractivity contribution in [1.29, 1.82) is 0 Å². The summed E-state index contributed by atoms with van der Waals surface area (Å²) in [5.74, 6) is 1.53. The number of nitrogens with zero attached hydrogens (tertiary/aromatic N) is 7. The van der Waals surface area contributed by atoms with Crippen molar-refractivity contribution < 1.29 is 13.9 Å². The van der Waals surface area contributed by atoms with Crippen LogP contribution in [-0.4, -0.2) is 66.6 Å². The number of nitrogens with one attached hydrogen (secondary N) is 3. The van der Waals surface area contributed by atoms with E-state index in [4.69, 9.17) is 4.74 Å². The van der Waals surface area contributed by atoms with Gasteiger partial charge in [-0.1, -0.05) is 6.07 Å². The quantitative estimate of drug-likeness (QED) is 0.329. The van der Waals surface area contributed by atoms with Gasteiger partial charge in [0, 0.05) is 36.8 Å². The first-order valence-corrected chi connectivity index (χ1v) is 11.7. The van der Waals surface area contributed by atoms with Gasteiger partial charge in [-0.15, -0.1) is 0 Å². The molecule has 0 bridgehead atoms. The van der Waals surface area contributed by atoms with Gasteiger partial charge >= 0.3 is 0 Å². The van der Waals surface area contributed by atoms with Crippen LogP contribution in [0.3, 0.4) is 0 Å². The number of aryl methyl sites for hydroxylation is 2. The number of hydrogen-bond donors (Lipinski definition) is 3. The molecule has 1 fully saturated rings. The summed E-state index contributed by atoms with van der Waals surface area (Å²) in [5, 5.41) is 17.0. The van der Waals surface area contributed by atoms with E-state index < -0.39 is 11.4 Å². The molecule has 0 saturated carbocycles. The second-order valence-corrected chi connectivity index (χ2v) is 9.05. The Morgan fingerprint density at radius 2 is 2.00 bits per heavy atom. The second kappa shape index (κ2) is 9.58. The fourth-order valence-electron chi connectivity index (χ4n) is 4.09. The molecule has 0 unspecified atom stereocenters. The lowest BCUT2D eigenvalue weighted by atomic mass is 9.92. The Kier molecular flexibility index (Phi) is 6.29. The number of pyridine rings is 1. The van der Waals surface area contributed by atoms with E-state index in [1.54, 1.807) is 12.3 Å². The minimum Gasteiger partial charge on any atom is -0.365 e. The number of aromatic nitrogens is 7. The van der Waals surface area contributed by atoms with Gasteiger partial charge in [-0.2, -0.15) is 15.2 Å². The number of rotatable bonds is 8. The normalized spacial score (nSPS) is 15.2. The fourth-order valence-corrected chi connectivity index (χ4v) is 4.09. The first-order valence-electron chi connectivity index (χ1n) is 11.7. The van der Waals surface area contributed by atoms with Crippen molar-refractivity contribution in [3.8, 4) is 5.82 Å². The molecule has 1 aliphatic rings. The maximum absolute atomic E-state index is 13.2. The number of halogens is 1. The van der Waals surface area contributed by atoms with Crippen LogP contribution < -0.4 is 15.5 Å². The van der Waals surface area contributed by atoms with E-state index in [0.717, 1.165) is 23.1 Å². The Bertz CT molecular complexity index is 1410. The van der Waals surface area contributed by atoms with Crippen molar-refractivity contribution in [3.05, 3.63) is 65.6 Å². The predicted molar refractivity (Wildman–Crippen MR) is 133 cm³/mol. The van der Waals surface area contributed by atoms with E-state index in [1.807, 2.05) is 43.9 Å². The van der Waals surface area contributed by atoms with Gasteiger partial charge in [0.25, 0.3) is 5.91 Å². The molecule has 13 heteroatoms. The minimum atomic E-state index is -1.01. The van der Waals surface area contributed by atoms with Crippen molar-refractivity contribution in [2.75, 3.05) is 30.4 Å². The zero-order valence-corrected chi connectivity index (χ0v) is 20.9. The van der Waals surface area contributed by atoms with Crippen LogP contribution in [0.5, 0.6) is 0 Å². The number of methoxy groups -OCH3 is 1. The molecule has 37 heavy (non-hydrogen) atoms. The summed E-state index contributed by atoms with van der Waals surface area (Å²) in [6.07, 6.45) is 3.99. The lowest BCUT2D eigenvalue weighted by Gasteiger charge is -2.48. The summed E-state index contributed by atoms with van der Waals surface area (Å²) in [6, 6.07) is 6.93. The van der Waals surface area contributed by atoms with Crippen molar-refractivity contribution in [3.63, 3.8) is 0 Å². The highest BCUT2D eigenvalue weighted by Gasteiger charge is 2.51. The average molecular weight is 507 g/mol. The van der Waals surface area contributed by atoms with Gasteiger partial charge in [-0.25, -0.2) is 19.0 Å². The van der Waals surface area contributed by atoms with Gasteiger partial charge in [0.1, 0.15) is 5.82 Å². The van der Waals surface area contributed by atoms with E-state index in [-0.39, 0.29) is 11.9 Å². The monoisotopic (exact) mass is 506 g/mol. The second-order valence-electron chi connectivity index (χ2n) is 9.05. The van der Waals surface area contributed by atoms with Crippen LogP contribution in [0.2, 0.25) is 0 Å². The smallest absolute Gasteiger partial charge is 0.256 e. The van der Waals surface area contributed by atoms with E-state index in [0.29, 0.717) is 36.5 Å². The number of ether oxygens (including phenoxy) is 1. The highest BCUT2D eigenvalue weighted by atomic mass is 19.1. The molecule has 0 aromatic carbocycles. The fraction of sp³-hybridized carbons (Fsp3) is 0.333. The number of carbonyl (C=O) groups is 1. The van der Waals surface area contributed by atoms with Crippen molar-refractivity contribution in [2.24, 2.45) is 0 Å². The van der Waals surface area contributed by atoms with E-state index in [2.05, 4.69) is 40.9 Å². The molecule has 0 aliphatic carbocycles. The molecule has 0 radical (unpaired) electrons. The summed E-state index contributed by atoms with van der Waals surface area (Å²) < 4.78 is 20.2. The zero-order valence-electron chi connectivity index (χ0n) is 20.9. The molecule has 0 spiro atoms. The maximum Gasteiger partial charge on any atom is 0.256 e. The van der Waals surface area contributed by atoms with Gasteiger partial charge < -0.3 is 20.3 Å². The highest BCUT2D eigenvalue weighted by Crippen LogP contribution is 2.31. The van der Waals surface area contributed by atoms with E-state index >= 15 is 0 Å². The highest BCUT2D eigenvalue weighted by molar-refractivity contribution is 5.89. The van der Waals surface area contributed by atoms with Crippen molar-refractivity contribution in [1.82, 2.24) is 40.2 Å². The van der Waals surface area contributed by atoms with Gasteiger partial charge in [0.2, 0.25) is 5.95 Å². The lowest BCUT2D eigenvalue weighted by Crippen LogP contribution is -2.70. The summed E-state index contributed by atoms with van der Waals surface area (Å²) in [4.78, 5) is 28.5. The van der Waals surface area contributed by atoms with Crippen LogP contribution in [0.15, 0.2) is 42.9 Å². The molecular formula is C24H27FN10O2. The predicted octanol–water partition coefficient (Wildman–Crippen LogP) is 2.36. The summed E-state index contributed by atoms with van der Waals surface area (Å²) in [5.41, 5.74) is 1.48. The Morgan fingerprint density at radius 3 is 2.62 bits per heavy atom. The van der Waals surface area contributed by atoms with Crippen LogP contribution in [-0.2, 0) is 9.53 Å². The summed E-state index contributed by atoms with van der Waals surface area (Å²) >= 11 is 0. The van der Waals surface area contributed by atoms with Crippen LogP contribution in [0.4, 0.5) is 22.0 Å². The number of aromatic amines is 1. The molecule has 192 valence electrons. The summed E-state index contributed by atoms with van der Waals surface area (Å²) in [6.45, 7) is 6.33. The Balaban J connectivity index is 1.23. The molecule has 1 atom stereocenters. The topological polar surface area (TPSA) is 139 Å². The van der Waals surface area contributed by atoms with Crippen molar-refractivity contribution >= 4 is 23.5 Å². The first-order chi connectivity index (χ1) is 17.7. The number of anilines is 3. The van der Waals surface area contributed by atoms with Crippen molar-refractivity contribution in [2.45, 2.75) is 32.4 Å². The Hall–Kier alpha value is -4.39. The Labute approximate surface area is 212 Å². The molecule has 4 aromatic heterocycles.